The Hall–Kier alpha value is -3.39. The lowest BCUT2D eigenvalue weighted by Gasteiger charge is -2.57. The number of amides is 4. The minimum absolute atomic E-state index is 0.132. The first kappa shape index (κ1) is 22.8. The van der Waals surface area contributed by atoms with E-state index < -0.39 is 17.8 Å². The molecule has 2 aliphatic heterocycles. The predicted octanol–water partition coefficient (Wildman–Crippen LogP) is 4.25. The van der Waals surface area contributed by atoms with Crippen LogP contribution in [-0.2, 0) is 19.7 Å². The average molecular weight is 502 g/mol. The van der Waals surface area contributed by atoms with E-state index in [4.69, 9.17) is 9.15 Å². The second-order valence-electron chi connectivity index (χ2n) is 11.5. The molecule has 8 nitrogen and oxygen atoms in total. The molecule has 3 heterocycles. The van der Waals surface area contributed by atoms with E-state index in [2.05, 4.69) is 22.3 Å². The summed E-state index contributed by atoms with van der Waals surface area (Å²) in [5.41, 5.74) is 1.88. The molecule has 6 fully saturated rings. The quantitative estimate of drug-likeness (QED) is 0.498. The maximum atomic E-state index is 13.4. The van der Waals surface area contributed by atoms with E-state index >= 15 is 0 Å². The average Bonchev–Trinajstić information content (AvgIpc) is 3.35. The van der Waals surface area contributed by atoms with Gasteiger partial charge < -0.3 is 14.1 Å². The van der Waals surface area contributed by atoms with Crippen LogP contribution in [0.25, 0.3) is 6.08 Å². The highest BCUT2D eigenvalue weighted by Crippen LogP contribution is 2.60. The number of furan rings is 1. The summed E-state index contributed by atoms with van der Waals surface area (Å²) in [7, 11) is 0. The van der Waals surface area contributed by atoms with Crippen LogP contribution in [0, 0.1) is 17.8 Å². The fraction of sp³-hybridized carbons (Fsp3) is 0.483. The van der Waals surface area contributed by atoms with Crippen molar-refractivity contribution in [3.63, 3.8) is 0 Å². The first-order valence-electron chi connectivity index (χ1n) is 13.4. The minimum atomic E-state index is -0.733. The van der Waals surface area contributed by atoms with Crippen molar-refractivity contribution in [1.29, 1.82) is 0 Å². The van der Waals surface area contributed by atoms with Crippen LogP contribution in [0.4, 0.5) is 16.4 Å². The number of hydrogen-bond donors (Lipinski definition) is 1. The second kappa shape index (κ2) is 8.58. The zero-order valence-corrected chi connectivity index (χ0v) is 20.8. The summed E-state index contributed by atoms with van der Waals surface area (Å²) in [4.78, 5) is 41.8. The van der Waals surface area contributed by atoms with E-state index in [0.717, 1.165) is 22.7 Å². The largest absolute Gasteiger partial charge is 0.441 e. The molecule has 192 valence electrons. The Kier molecular flexibility index (Phi) is 5.29. The summed E-state index contributed by atoms with van der Waals surface area (Å²) in [5, 5.41) is 2.31. The third-order valence-corrected chi connectivity index (χ3v) is 9.10. The maximum Gasteiger partial charge on any atom is 0.335 e. The van der Waals surface area contributed by atoms with Crippen LogP contribution in [0.15, 0.2) is 46.4 Å². The van der Waals surface area contributed by atoms with Crippen molar-refractivity contribution in [3.8, 4) is 0 Å². The Morgan fingerprint density at radius 3 is 2.16 bits per heavy atom. The number of hydrogen-bond acceptors (Lipinski definition) is 6. The van der Waals surface area contributed by atoms with Gasteiger partial charge in [-0.15, -0.1) is 0 Å². The monoisotopic (exact) mass is 501 g/mol. The molecule has 1 N–H and O–H groups in total. The highest BCUT2D eigenvalue weighted by molar-refractivity contribution is 6.39. The van der Waals surface area contributed by atoms with Gasteiger partial charge in [0, 0.05) is 19.2 Å². The number of barbiturate groups is 1. The normalized spacial score (nSPS) is 32.4. The van der Waals surface area contributed by atoms with E-state index in [1.807, 2.05) is 18.2 Å². The van der Waals surface area contributed by atoms with Crippen molar-refractivity contribution in [1.82, 2.24) is 5.32 Å². The molecule has 1 aromatic heterocycles. The third kappa shape index (κ3) is 3.89. The number of carbonyl (C=O) groups is 3. The smallest absolute Gasteiger partial charge is 0.335 e. The molecule has 8 rings (SSSR count). The molecular formula is C29H31N3O5. The van der Waals surface area contributed by atoms with E-state index in [0.29, 0.717) is 43.6 Å². The van der Waals surface area contributed by atoms with Gasteiger partial charge in [-0.25, -0.2) is 9.69 Å². The molecule has 37 heavy (non-hydrogen) atoms. The molecule has 4 aliphatic carbocycles. The number of nitrogens with one attached hydrogen (secondary N) is 1. The van der Waals surface area contributed by atoms with Crippen molar-refractivity contribution in [3.05, 3.63) is 53.3 Å². The van der Waals surface area contributed by atoms with Crippen LogP contribution in [0.5, 0.6) is 0 Å². The first-order chi connectivity index (χ1) is 18.0. The van der Waals surface area contributed by atoms with Crippen LogP contribution in [0.2, 0.25) is 0 Å². The lowest BCUT2D eigenvalue weighted by atomic mass is 9.48. The van der Waals surface area contributed by atoms with Gasteiger partial charge in [0.25, 0.3) is 11.8 Å². The van der Waals surface area contributed by atoms with Crippen molar-refractivity contribution < 1.29 is 23.5 Å². The van der Waals surface area contributed by atoms with Crippen LogP contribution in [0.3, 0.4) is 0 Å². The van der Waals surface area contributed by atoms with Gasteiger partial charge in [-0.1, -0.05) is 12.1 Å². The van der Waals surface area contributed by atoms with Gasteiger partial charge in [-0.3, -0.25) is 14.9 Å². The van der Waals surface area contributed by atoms with Gasteiger partial charge >= 0.3 is 6.03 Å². The second-order valence-corrected chi connectivity index (χ2v) is 11.5. The number of ether oxygens (including phenoxy) is 1. The standard InChI is InChI=1S/C29H31N3O5/c33-26-24(14-23-5-6-25(37-23)31-7-9-36-10-8-31)27(34)32(28(35)30-26)22-3-1-21(2-4-22)29-15-18-11-19(16-29)13-20(12-18)17-29/h1-6,14,18-20H,7-13,15-17H2,(H,30,33,35). The van der Waals surface area contributed by atoms with Gasteiger partial charge in [0.05, 0.1) is 18.9 Å². The molecule has 1 aromatic carbocycles. The highest BCUT2D eigenvalue weighted by atomic mass is 16.5. The molecule has 2 saturated heterocycles. The Morgan fingerprint density at radius 2 is 1.51 bits per heavy atom. The fourth-order valence-electron chi connectivity index (χ4n) is 7.84. The number of morpholine rings is 1. The number of rotatable bonds is 4. The summed E-state index contributed by atoms with van der Waals surface area (Å²) in [5.74, 6) is 2.18. The van der Waals surface area contributed by atoms with Gasteiger partial charge in [-0.05, 0) is 91.5 Å². The van der Waals surface area contributed by atoms with Crippen LogP contribution < -0.4 is 15.1 Å². The molecule has 2 aromatic rings. The number of carbonyl (C=O) groups excluding carboxylic acids is 3. The van der Waals surface area contributed by atoms with Crippen molar-refractivity contribution in [2.75, 3.05) is 36.1 Å². The number of urea groups is 1. The molecule has 0 radical (unpaired) electrons. The van der Waals surface area contributed by atoms with Crippen LogP contribution >= 0.6 is 0 Å². The van der Waals surface area contributed by atoms with Crippen molar-refractivity contribution in [2.45, 2.75) is 43.9 Å². The molecular weight excluding hydrogens is 470 g/mol. The van der Waals surface area contributed by atoms with Crippen LogP contribution in [-0.4, -0.2) is 44.1 Å². The molecule has 6 aliphatic rings. The highest BCUT2D eigenvalue weighted by Gasteiger charge is 2.51. The first-order valence-corrected chi connectivity index (χ1v) is 13.4. The van der Waals surface area contributed by atoms with Crippen molar-refractivity contribution in [2.24, 2.45) is 17.8 Å². The summed E-state index contributed by atoms with van der Waals surface area (Å²) in [6.07, 6.45) is 9.30. The number of benzene rings is 1. The molecule has 4 amide bonds. The van der Waals surface area contributed by atoms with Gasteiger partial charge in [0.1, 0.15) is 11.3 Å². The number of imide groups is 2. The van der Waals surface area contributed by atoms with Crippen LogP contribution in [0.1, 0.15) is 49.8 Å². The predicted molar refractivity (Wildman–Crippen MR) is 137 cm³/mol. The lowest BCUT2D eigenvalue weighted by Crippen LogP contribution is -2.54. The summed E-state index contributed by atoms with van der Waals surface area (Å²) < 4.78 is 11.3. The fourth-order valence-corrected chi connectivity index (χ4v) is 7.84. The van der Waals surface area contributed by atoms with Crippen molar-refractivity contribution >= 4 is 35.5 Å². The third-order valence-electron chi connectivity index (χ3n) is 9.10. The minimum Gasteiger partial charge on any atom is -0.441 e. The number of anilines is 2. The molecule has 0 unspecified atom stereocenters. The Labute approximate surface area is 215 Å². The Morgan fingerprint density at radius 1 is 0.865 bits per heavy atom. The Bertz CT molecular complexity index is 1250. The van der Waals surface area contributed by atoms with Gasteiger partial charge in [-0.2, -0.15) is 0 Å². The van der Waals surface area contributed by atoms with E-state index in [-0.39, 0.29) is 11.0 Å². The summed E-state index contributed by atoms with van der Waals surface area (Å²) in [6, 6.07) is 10.7. The summed E-state index contributed by atoms with van der Waals surface area (Å²) in [6.45, 7) is 2.67. The van der Waals surface area contributed by atoms with Gasteiger partial charge in [0.2, 0.25) is 0 Å². The lowest BCUT2D eigenvalue weighted by molar-refractivity contribution is -0.122. The number of nitrogens with zero attached hydrogens (tertiary/aromatic N) is 2. The zero-order valence-electron chi connectivity index (χ0n) is 20.8. The van der Waals surface area contributed by atoms with E-state index in [1.165, 1.54) is 50.2 Å². The SMILES string of the molecule is O=C1NC(=O)N(c2ccc(C34CC5CC(CC(C5)C3)C4)cc2)C(=O)C1=Cc1ccc(N2CCOCC2)o1. The topological polar surface area (TPSA) is 92.1 Å². The molecule has 8 heteroatoms. The zero-order chi connectivity index (χ0) is 25.1. The van der Waals surface area contributed by atoms with E-state index in [1.54, 1.807) is 6.07 Å². The van der Waals surface area contributed by atoms with E-state index in [9.17, 15) is 14.4 Å². The Balaban J connectivity index is 1.13. The maximum absolute atomic E-state index is 13.4. The molecule has 4 saturated carbocycles. The summed E-state index contributed by atoms with van der Waals surface area (Å²) >= 11 is 0. The molecule has 0 atom stereocenters. The van der Waals surface area contributed by atoms with Gasteiger partial charge in [0.15, 0.2) is 5.88 Å². The molecule has 0 spiro atoms. The molecule has 4 bridgehead atoms.